The zero-order valence-electron chi connectivity index (χ0n) is 8.75. The molecule has 0 bridgehead atoms. The molecule has 17 heavy (non-hydrogen) atoms. The number of primary sulfonamides is 1. The number of nitrogens with zero attached hydrogens (tertiary/aromatic N) is 2. The fraction of sp³-hybridized carbons (Fsp3) is 0.222. The second kappa shape index (κ2) is 5.38. The third-order valence-corrected chi connectivity index (χ3v) is 2.57. The van der Waals surface area contributed by atoms with Crippen molar-refractivity contribution in [1.29, 1.82) is 5.26 Å². The lowest BCUT2D eigenvalue weighted by Gasteiger charge is -2.03. The molecule has 90 valence electrons. The van der Waals surface area contributed by atoms with Crippen LogP contribution >= 0.6 is 0 Å². The molecule has 7 nitrogen and oxygen atoms in total. The Labute approximate surface area is 98.3 Å². The minimum atomic E-state index is -3.59. The normalized spacial score (nSPS) is 10.6. The van der Waals surface area contributed by atoms with Crippen LogP contribution in [0.5, 0.6) is 0 Å². The van der Waals surface area contributed by atoms with Gasteiger partial charge in [-0.3, -0.25) is 4.79 Å². The van der Waals surface area contributed by atoms with Gasteiger partial charge in [0.2, 0.25) is 10.0 Å². The van der Waals surface area contributed by atoms with Gasteiger partial charge in [0, 0.05) is 12.7 Å². The molecule has 1 aromatic heterocycles. The summed E-state index contributed by atoms with van der Waals surface area (Å²) in [4.78, 5) is 15.2. The summed E-state index contributed by atoms with van der Waals surface area (Å²) in [7, 11) is -3.59. The van der Waals surface area contributed by atoms with Crippen LogP contribution in [0.3, 0.4) is 0 Å². The largest absolute Gasteiger partial charge is 0.350 e. The van der Waals surface area contributed by atoms with Crippen molar-refractivity contribution in [3.05, 3.63) is 29.6 Å². The highest BCUT2D eigenvalue weighted by Gasteiger charge is 2.08. The number of carbonyl (C=O) groups excluding carboxylic acids is 1. The Morgan fingerprint density at radius 2 is 2.24 bits per heavy atom. The van der Waals surface area contributed by atoms with Crippen LogP contribution in [0.15, 0.2) is 18.3 Å². The number of amides is 1. The Kier molecular flexibility index (Phi) is 4.14. The molecule has 0 aliphatic carbocycles. The van der Waals surface area contributed by atoms with Crippen molar-refractivity contribution in [3.63, 3.8) is 0 Å². The van der Waals surface area contributed by atoms with Gasteiger partial charge in [0.1, 0.15) is 11.8 Å². The topological polar surface area (TPSA) is 126 Å². The van der Waals surface area contributed by atoms with Gasteiger partial charge >= 0.3 is 0 Å². The van der Waals surface area contributed by atoms with Gasteiger partial charge in [0.15, 0.2) is 0 Å². The van der Waals surface area contributed by atoms with Gasteiger partial charge in [-0.15, -0.1) is 0 Å². The number of hydrogen-bond acceptors (Lipinski definition) is 5. The van der Waals surface area contributed by atoms with Crippen molar-refractivity contribution in [2.75, 3.05) is 12.3 Å². The monoisotopic (exact) mass is 254 g/mol. The third kappa shape index (κ3) is 4.58. The summed E-state index contributed by atoms with van der Waals surface area (Å²) in [6, 6.07) is 4.69. The summed E-state index contributed by atoms with van der Waals surface area (Å²) >= 11 is 0. The number of rotatable bonds is 4. The number of nitrogens with two attached hydrogens (primary N) is 1. The minimum Gasteiger partial charge on any atom is -0.350 e. The Hall–Kier alpha value is -1.98. The van der Waals surface area contributed by atoms with E-state index in [1.165, 1.54) is 18.3 Å². The molecule has 0 atom stereocenters. The van der Waals surface area contributed by atoms with E-state index >= 15 is 0 Å². The van der Waals surface area contributed by atoms with Crippen LogP contribution in [0.4, 0.5) is 0 Å². The molecule has 0 fully saturated rings. The van der Waals surface area contributed by atoms with Crippen LogP contribution in [0.1, 0.15) is 16.1 Å². The Balaban J connectivity index is 2.56. The quantitative estimate of drug-likeness (QED) is 0.710. The van der Waals surface area contributed by atoms with Crippen molar-refractivity contribution in [2.24, 2.45) is 5.14 Å². The summed E-state index contributed by atoms with van der Waals surface area (Å²) in [6.45, 7) is -0.0840. The first kappa shape index (κ1) is 13.1. The Bertz CT molecular complexity index is 545. The third-order valence-electron chi connectivity index (χ3n) is 1.80. The van der Waals surface area contributed by atoms with Crippen molar-refractivity contribution in [3.8, 4) is 6.07 Å². The average Bonchev–Trinajstić information content (AvgIpc) is 2.27. The molecule has 0 aliphatic heterocycles. The molecule has 0 radical (unpaired) electrons. The lowest BCUT2D eigenvalue weighted by atomic mass is 10.2. The van der Waals surface area contributed by atoms with E-state index in [1.54, 1.807) is 0 Å². The predicted molar refractivity (Wildman–Crippen MR) is 59.3 cm³/mol. The van der Waals surface area contributed by atoms with Crippen LogP contribution in [-0.2, 0) is 10.0 Å². The van der Waals surface area contributed by atoms with E-state index in [9.17, 15) is 13.2 Å². The smallest absolute Gasteiger partial charge is 0.269 e. The summed E-state index contributed by atoms with van der Waals surface area (Å²) < 4.78 is 21.2. The molecule has 0 aromatic carbocycles. The van der Waals surface area contributed by atoms with Gasteiger partial charge in [0.05, 0.1) is 11.3 Å². The summed E-state index contributed by atoms with van der Waals surface area (Å²) in [5.74, 6) is -0.854. The van der Waals surface area contributed by atoms with E-state index < -0.39 is 15.9 Å². The second-order valence-electron chi connectivity index (χ2n) is 3.17. The fourth-order valence-electron chi connectivity index (χ4n) is 0.992. The number of nitrogens with one attached hydrogen (secondary N) is 1. The molecule has 1 heterocycles. The van der Waals surface area contributed by atoms with Gasteiger partial charge in [-0.05, 0) is 12.1 Å². The van der Waals surface area contributed by atoms with Gasteiger partial charge in [-0.25, -0.2) is 18.5 Å². The maximum atomic E-state index is 11.4. The molecular weight excluding hydrogens is 244 g/mol. The van der Waals surface area contributed by atoms with Gasteiger partial charge < -0.3 is 5.32 Å². The van der Waals surface area contributed by atoms with E-state index in [0.29, 0.717) is 5.56 Å². The predicted octanol–water partition coefficient (Wildman–Crippen LogP) is -1.03. The fourth-order valence-corrected chi connectivity index (χ4v) is 1.38. The minimum absolute atomic E-state index is 0.0840. The molecule has 0 aliphatic rings. The average molecular weight is 254 g/mol. The van der Waals surface area contributed by atoms with Crippen LogP contribution in [-0.4, -0.2) is 31.6 Å². The Morgan fingerprint density at radius 1 is 1.53 bits per heavy atom. The van der Waals surface area contributed by atoms with Gasteiger partial charge in [-0.1, -0.05) is 0 Å². The summed E-state index contributed by atoms with van der Waals surface area (Å²) in [5.41, 5.74) is 0.449. The van der Waals surface area contributed by atoms with Gasteiger partial charge in [0.25, 0.3) is 5.91 Å². The molecule has 1 aromatic rings. The molecule has 1 amide bonds. The standard InChI is InChI=1S/C9H10N4O3S/c10-5-7-1-2-8(13-6-7)9(14)12-3-4-17(11,15)16/h1-2,6H,3-4H2,(H,12,14)(H2,11,15,16). The molecule has 8 heteroatoms. The summed E-state index contributed by atoms with van der Waals surface area (Å²) in [5, 5.41) is 15.6. The van der Waals surface area contributed by atoms with Crippen LogP contribution in [0.2, 0.25) is 0 Å². The maximum absolute atomic E-state index is 11.4. The number of carbonyl (C=O) groups is 1. The lowest BCUT2D eigenvalue weighted by molar-refractivity contribution is 0.0951. The van der Waals surface area contributed by atoms with E-state index in [1.807, 2.05) is 6.07 Å². The number of nitriles is 1. The molecular formula is C9H10N4O3S. The molecule has 0 spiro atoms. The van der Waals surface area contributed by atoms with Crippen LogP contribution in [0, 0.1) is 11.3 Å². The van der Waals surface area contributed by atoms with Gasteiger partial charge in [-0.2, -0.15) is 5.26 Å². The molecule has 1 rings (SSSR count). The van der Waals surface area contributed by atoms with Crippen molar-refractivity contribution in [2.45, 2.75) is 0 Å². The summed E-state index contributed by atoms with van der Waals surface area (Å²) in [6.07, 6.45) is 1.26. The molecule has 0 saturated carbocycles. The highest BCUT2D eigenvalue weighted by Crippen LogP contribution is 1.98. The zero-order valence-corrected chi connectivity index (χ0v) is 9.57. The SMILES string of the molecule is N#Cc1ccc(C(=O)NCCS(N)(=O)=O)nc1. The van der Waals surface area contributed by atoms with E-state index in [4.69, 9.17) is 10.4 Å². The first-order valence-electron chi connectivity index (χ1n) is 4.57. The number of hydrogen-bond donors (Lipinski definition) is 2. The van der Waals surface area contributed by atoms with Crippen molar-refractivity contribution >= 4 is 15.9 Å². The first-order chi connectivity index (χ1) is 7.92. The number of pyridine rings is 1. The second-order valence-corrected chi connectivity index (χ2v) is 4.90. The Morgan fingerprint density at radius 3 is 2.71 bits per heavy atom. The van der Waals surface area contributed by atoms with Crippen LogP contribution in [0.25, 0.3) is 0 Å². The first-order valence-corrected chi connectivity index (χ1v) is 6.29. The van der Waals surface area contributed by atoms with E-state index in [2.05, 4.69) is 10.3 Å². The highest BCUT2D eigenvalue weighted by atomic mass is 32.2. The maximum Gasteiger partial charge on any atom is 0.269 e. The highest BCUT2D eigenvalue weighted by molar-refractivity contribution is 7.89. The number of aromatic nitrogens is 1. The molecule has 3 N–H and O–H groups in total. The number of sulfonamides is 1. The molecule has 0 unspecified atom stereocenters. The molecule has 0 saturated heterocycles. The van der Waals surface area contributed by atoms with E-state index in [-0.39, 0.29) is 18.0 Å². The van der Waals surface area contributed by atoms with Crippen LogP contribution < -0.4 is 10.5 Å². The van der Waals surface area contributed by atoms with E-state index in [0.717, 1.165) is 0 Å². The lowest BCUT2D eigenvalue weighted by Crippen LogP contribution is -2.31. The van der Waals surface area contributed by atoms with Crippen molar-refractivity contribution in [1.82, 2.24) is 10.3 Å². The zero-order chi connectivity index (χ0) is 12.9. The van der Waals surface area contributed by atoms with Crippen molar-refractivity contribution < 1.29 is 13.2 Å².